The maximum Gasteiger partial charge on any atom is 0.254 e. The van der Waals surface area contributed by atoms with Gasteiger partial charge in [0.25, 0.3) is 5.91 Å². The SMILES string of the molecule is Cc1nc2ccc(C(=O)N3CCCC(Nc4ccc(C)c(C)c4)C3)cc2[nH]1. The number of likely N-dealkylation sites (tertiary alicyclic amines) is 1. The maximum atomic E-state index is 13.0. The summed E-state index contributed by atoms with van der Waals surface area (Å²) in [5.74, 6) is 0.959. The Balaban J connectivity index is 1.47. The molecule has 0 saturated carbocycles. The molecule has 0 aliphatic carbocycles. The molecule has 1 atom stereocenters. The van der Waals surface area contributed by atoms with E-state index in [9.17, 15) is 4.79 Å². The van der Waals surface area contributed by atoms with E-state index in [4.69, 9.17) is 0 Å². The minimum atomic E-state index is 0.0933. The van der Waals surface area contributed by atoms with Crippen LogP contribution in [0.3, 0.4) is 0 Å². The quantitative estimate of drug-likeness (QED) is 0.734. The largest absolute Gasteiger partial charge is 0.381 e. The highest BCUT2D eigenvalue weighted by Gasteiger charge is 2.24. The minimum absolute atomic E-state index is 0.0933. The van der Waals surface area contributed by atoms with Gasteiger partial charge in [-0.1, -0.05) is 6.07 Å². The first-order valence-corrected chi connectivity index (χ1v) is 9.59. The number of carbonyl (C=O) groups is 1. The van der Waals surface area contributed by atoms with Crippen molar-refractivity contribution in [2.45, 2.75) is 39.7 Å². The van der Waals surface area contributed by atoms with Gasteiger partial charge in [-0.15, -0.1) is 0 Å². The minimum Gasteiger partial charge on any atom is -0.381 e. The second-order valence-corrected chi connectivity index (χ2v) is 7.59. The number of piperidine rings is 1. The van der Waals surface area contributed by atoms with Crippen LogP contribution in [0.15, 0.2) is 36.4 Å². The molecule has 1 amide bonds. The first-order valence-electron chi connectivity index (χ1n) is 9.59. The van der Waals surface area contributed by atoms with E-state index in [2.05, 4.69) is 47.3 Å². The molecule has 0 spiro atoms. The summed E-state index contributed by atoms with van der Waals surface area (Å²) in [6, 6.07) is 12.4. The van der Waals surface area contributed by atoms with Gasteiger partial charge < -0.3 is 15.2 Å². The number of carbonyl (C=O) groups excluding carboxylic acids is 1. The number of aromatic amines is 1. The van der Waals surface area contributed by atoms with Gasteiger partial charge in [0.05, 0.1) is 11.0 Å². The number of benzene rings is 2. The summed E-state index contributed by atoms with van der Waals surface area (Å²) in [5, 5.41) is 3.61. The Morgan fingerprint density at radius 1 is 1.15 bits per heavy atom. The molecule has 0 radical (unpaired) electrons. The molecule has 1 fully saturated rings. The fraction of sp³-hybridized carbons (Fsp3) is 0.364. The van der Waals surface area contributed by atoms with E-state index >= 15 is 0 Å². The number of anilines is 1. The van der Waals surface area contributed by atoms with Crippen LogP contribution in [0.4, 0.5) is 5.69 Å². The van der Waals surface area contributed by atoms with Crippen molar-refractivity contribution in [1.29, 1.82) is 0 Å². The molecule has 2 heterocycles. The van der Waals surface area contributed by atoms with Gasteiger partial charge in [-0.25, -0.2) is 4.98 Å². The number of hydrogen-bond donors (Lipinski definition) is 2. The van der Waals surface area contributed by atoms with Crippen LogP contribution < -0.4 is 5.32 Å². The number of aromatic nitrogens is 2. The van der Waals surface area contributed by atoms with Gasteiger partial charge in [-0.3, -0.25) is 4.79 Å². The summed E-state index contributed by atoms with van der Waals surface area (Å²) in [7, 11) is 0. The van der Waals surface area contributed by atoms with Crippen molar-refractivity contribution in [2.24, 2.45) is 0 Å². The Hall–Kier alpha value is -2.82. The smallest absolute Gasteiger partial charge is 0.254 e. The summed E-state index contributed by atoms with van der Waals surface area (Å²) in [6.07, 6.45) is 2.09. The molecular weight excluding hydrogens is 336 g/mol. The highest BCUT2D eigenvalue weighted by Crippen LogP contribution is 2.21. The van der Waals surface area contributed by atoms with Gasteiger partial charge in [0.2, 0.25) is 0 Å². The van der Waals surface area contributed by atoms with Crippen molar-refractivity contribution < 1.29 is 4.79 Å². The third kappa shape index (κ3) is 3.68. The molecule has 2 N–H and O–H groups in total. The van der Waals surface area contributed by atoms with E-state index in [0.29, 0.717) is 0 Å². The fourth-order valence-corrected chi connectivity index (χ4v) is 3.80. The Kier molecular flexibility index (Phi) is 4.60. The van der Waals surface area contributed by atoms with Crippen molar-refractivity contribution in [2.75, 3.05) is 18.4 Å². The highest BCUT2D eigenvalue weighted by atomic mass is 16.2. The van der Waals surface area contributed by atoms with Crippen LogP contribution in [0.25, 0.3) is 11.0 Å². The number of amides is 1. The van der Waals surface area contributed by atoms with Gasteiger partial charge >= 0.3 is 0 Å². The Labute approximate surface area is 159 Å². The number of hydrogen-bond acceptors (Lipinski definition) is 3. The molecule has 5 heteroatoms. The summed E-state index contributed by atoms with van der Waals surface area (Å²) in [5.41, 5.74) is 6.25. The van der Waals surface area contributed by atoms with E-state index in [1.165, 1.54) is 11.1 Å². The highest BCUT2D eigenvalue weighted by molar-refractivity contribution is 5.97. The first-order chi connectivity index (χ1) is 13.0. The van der Waals surface area contributed by atoms with Crippen molar-refractivity contribution in [3.8, 4) is 0 Å². The van der Waals surface area contributed by atoms with Crippen LogP contribution in [0.5, 0.6) is 0 Å². The molecule has 1 aliphatic heterocycles. The molecule has 1 saturated heterocycles. The van der Waals surface area contributed by atoms with Crippen molar-refractivity contribution >= 4 is 22.6 Å². The molecule has 3 aromatic rings. The summed E-state index contributed by atoms with van der Waals surface area (Å²) in [4.78, 5) is 22.6. The number of rotatable bonds is 3. The lowest BCUT2D eigenvalue weighted by Gasteiger charge is -2.34. The van der Waals surface area contributed by atoms with Crippen LogP contribution in [0, 0.1) is 20.8 Å². The average molecular weight is 362 g/mol. The summed E-state index contributed by atoms with van der Waals surface area (Å²) < 4.78 is 0. The predicted molar refractivity (Wildman–Crippen MR) is 109 cm³/mol. The number of fused-ring (bicyclic) bond motifs is 1. The topological polar surface area (TPSA) is 61.0 Å². The molecule has 4 rings (SSSR count). The molecule has 140 valence electrons. The van der Waals surface area contributed by atoms with E-state index < -0.39 is 0 Å². The van der Waals surface area contributed by atoms with Crippen molar-refractivity contribution in [1.82, 2.24) is 14.9 Å². The molecule has 1 aromatic heterocycles. The monoisotopic (exact) mass is 362 g/mol. The molecular formula is C22H26N4O. The van der Waals surface area contributed by atoms with Crippen molar-refractivity contribution in [3.05, 3.63) is 58.9 Å². The van der Waals surface area contributed by atoms with E-state index in [-0.39, 0.29) is 11.9 Å². The average Bonchev–Trinajstić information content (AvgIpc) is 3.03. The number of nitrogens with one attached hydrogen (secondary N) is 2. The summed E-state index contributed by atoms with van der Waals surface area (Å²) in [6.45, 7) is 7.72. The van der Waals surface area contributed by atoms with Gasteiger partial charge in [0, 0.05) is 30.4 Å². The van der Waals surface area contributed by atoms with Crippen LogP contribution in [-0.2, 0) is 0 Å². The van der Waals surface area contributed by atoms with E-state index in [1.807, 2.05) is 30.0 Å². The van der Waals surface area contributed by atoms with Crippen LogP contribution >= 0.6 is 0 Å². The first kappa shape index (κ1) is 17.6. The Morgan fingerprint density at radius 3 is 2.81 bits per heavy atom. The summed E-state index contributed by atoms with van der Waals surface area (Å²) >= 11 is 0. The Bertz CT molecular complexity index is 991. The van der Waals surface area contributed by atoms with Crippen LogP contribution in [0.1, 0.15) is 40.2 Å². The zero-order chi connectivity index (χ0) is 19.0. The van der Waals surface area contributed by atoms with E-state index in [1.54, 1.807) is 0 Å². The molecule has 5 nitrogen and oxygen atoms in total. The lowest BCUT2D eigenvalue weighted by molar-refractivity contribution is 0.0715. The van der Waals surface area contributed by atoms with Gasteiger partial charge in [0.15, 0.2) is 0 Å². The zero-order valence-corrected chi connectivity index (χ0v) is 16.2. The molecule has 1 unspecified atom stereocenters. The molecule has 27 heavy (non-hydrogen) atoms. The number of aryl methyl sites for hydroxylation is 3. The third-order valence-corrected chi connectivity index (χ3v) is 5.43. The molecule has 1 aliphatic rings. The standard InChI is InChI=1S/C22H26N4O/c1-14-6-8-18(11-15(14)2)25-19-5-4-10-26(13-19)22(27)17-7-9-20-21(12-17)24-16(3)23-20/h6-9,11-12,19,25H,4-5,10,13H2,1-3H3,(H,23,24). The molecule has 2 aromatic carbocycles. The Morgan fingerprint density at radius 2 is 2.00 bits per heavy atom. The van der Waals surface area contributed by atoms with Gasteiger partial charge in [-0.2, -0.15) is 0 Å². The second-order valence-electron chi connectivity index (χ2n) is 7.59. The predicted octanol–water partition coefficient (Wildman–Crippen LogP) is 4.20. The van der Waals surface area contributed by atoms with Crippen LogP contribution in [0.2, 0.25) is 0 Å². The van der Waals surface area contributed by atoms with Crippen LogP contribution in [-0.4, -0.2) is 39.9 Å². The lowest BCUT2D eigenvalue weighted by Crippen LogP contribution is -2.45. The third-order valence-electron chi connectivity index (χ3n) is 5.43. The number of H-pyrrole nitrogens is 1. The van der Waals surface area contributed by atoms with Gasteiger partial charge in [0.1, 0.15) is 5.82 Å². The fourth-order valence-electron chi connectivity index (χ4n) is 3.80. The normalized spacial score (nSPS) is 17.3. The molecule has 0 bridgehead atoms. The van der Waals surface area contributed by atoms with E-state index in [0.717, 1.165) is 54.0 Å². The maximum absolute atomic E-state index is 13.0. The number of nitrogens with zero attached hydrogens (tertiary/aromatic N) is 2. The van der Waals surface area contributed by atoms with Crippen molar-refractivity contribution in [3.63, 3.8) is 0 Å². The van der Waals surface area contributed by atoms with Gasteiger partial charge in [-0.05, 0) is 75.1 Å². The lowest BCUT2D eigenvalue weighted by atomic mass is 10.0. The number of imidazole rings is 1. The zero-order valence-electron chi connectivity index (χ0n) is 16.2. The second kappa shape index (κ2) is 7.06.